The van der Waals surface area contributed by atoms with Crippen molar-refractivity contribution in [2.24, 2.45) is 0 Å². The van der Waals surface area contributed by atoms with Gasteiger partial charge >= 0.3 is 0 Å². The van der Waals surface area contributed by atoms with Gasteiger partial charge in [-0.1, -0.05) is 12.1 Å². The Labute approximate surface area is 122 Å². The summed E-state index contributed by atoms with van der Waals surface area (Å²) in [7, 11) is 0. The van der Waals surface area contributed by atoms with Crippen molar-refractivity contribution >= 4 is 5.91 Å². The number of amides is 1. The van der Waals surface area contributed by atoms with Crippen LogP contribution in [0.3, 0.4) is 0 Å². The van der Waals surface area contributed by atoms with Crippen LogP contribution in [0.25, 0.3) is 0 Å². The molecule has 3 rings (SSSR count). The normalized spacial score (nSPS) is 18.7. The Morgan fingerprint density at radius 3 is 3.05 bits per heavy atom. The number of piperidine rings is 1. The van der Waals surface area contributed by atoms with E-state index in [-0.39, 0.29) is 11.9 Å². The second-order valence-electron chi connectivity index (χ2n) is 5.00. The number of hydrogen-bond acceptors (Lipinski definition) is 6. The molecule has 1 atom stereocenters. The first kappa shape index (κ1) is 13.7. The summed E-state index contributed by atoms with van der Waals surface area (Å²) in [6, 6.07) is -0.166. The zero-order valence-corrected chi connectivity index (χ0v) is 11.9. The topological polar surface area (TPSA) is 85.0 Å². The zero-order chi connectivity index (χ0) is 14.7. The predicted octanol–water partition coefficient (Wildman–Crippen LogP) is 1.79. The Kier molecular flexibility index (Phi) is 3.89. The van der Waals surface area contributed by atoms with E-state index in [9.17, 15) is 4.79 Å². The molecule has 0 aliphatic carbocycles. The molecular formula is C14H17N5O2. The average molecular weight is 287 g/mol. The van der Waals surface area contributed by atoms with E-state index >= 15 is 0 Å². The summed E-state index contributed by atoms with van der Waals surface area (Å²) in [5.41, 5.74) is 0.347. The van der Waals surface area contributed by atoms with Gasteiger partial charge in [-0.15, -0.1) is 0 Å². The first-order chi connectivity index (χ1) is 10.3. The molecule has 7 nitrogen and oxygen atoms in total. The molecule has 21 heavy (non-hydrogen) atoms. The van der Waals surface area contributed by atoms with E-state index in [1.165, 1.54) is 12.4 Å². The highest BCUT2D eigenvalue weighted by Crippen LogP contribution is 2.30. The first-order valence-corrected chi connectivity index (χ1v) is 7.19. The molecule has 110 valence electrons. The van der Waals surface area contributed by atoms with Crippen molar-refractivity contribution < 1.29 is 9.32 Å². The van der Waals surface area contributed by atoms with Crippen LogP contribution >= 0.6 is 0 Å². The van der Waals surface area contributed by atoms with Crippen molar-refractivity contribution in [1.29, 1.82) is 0 Å². The van der Waals surface area contributed by atoms with Crippen LogP contribution in [0, 0.1) is 0 Å². The minimum Gasteiger partial charge on any atom is -0.337 e. The number of aromatic nitrogens is 4. The van der Waals surface area contributed by atoms with Gasteiger partial charge in [-0.3, -0.25) is 9.78 Å². The highest BCUT2D eigenvalue weighted by atomic mass is 16.5. The Bertz CT molecular complexity index is 613. The molecule has 1 aliphatic rings. The lowest BCUT2D eigenvalue weighted by molar-refractivity contribution is 0.0555. The molecule has 0 bridgehead atoms. The van der Waals surface area contributed by atoms with E-state index in [4.69, 9.17) is 4.52 Å². The highest BCUT2D eigenvalue weighted by Gasteiger charge is 2.33. The monoisotopic (exact) mass is 287 g/mol. The van der Waals surface area contributed by atoms with E-state index in [2.05, 4.69) is 20.1 Å². The quantitative estimate of drug-likeness (QED) is 0.855. The minimum absolute atomic E-state index is 0.135. The van der Waals surface area contributed by atoms with Crippen molar-refractivity contribution in [2.45, 2.75) is 38.6 Å². The summed E-state index contributed by atoms with van der Waals surface area (Å²) < 4.78 is 5.32. The van der Waals surface area contributed by atoms with Crippen molar-refractivity contribution in [3.05, 3.63) is 36.0 Å². The number of aryl methyl sites for hydroxylation is 1. The van der Waals surface area contributed by atoms with Gasteiger partial charge in [-0.05, 0) is 19.3 Å². The van der Waals surface area contributed by atoms with Gasteiger partial charge in [-0.25, -0.2) is 4.98 Å². The molecule has 0 radical (unpaired) electrons. The third kappa shape index (κ3) is 2.76. The predicted molar refractivity (Wildman–Crippen MR) is 73.3 cm³/mol. The number of likely N-dealkylation sites (tertiary alicyclic amines) is 1. The lowest BCUT2D eigenvalue weighted by Gasteiger charge is -2.33. The Balaban J connectivity index is 1.86. The standard InChI is InChI=1S/C14H17N5O2/c1-2-12-17-13(21-18-12)11-5-3-4-8-19(11)14(20)10-9-15-6-7-16-10/h6-7,9,11H,2-5,8H2,1H3. The molecule has 2 aromatic rings. The molecule has 1 aliphatic heterocycles. The second kappa shape index (κ2) is 5.99. The maximum absolute atomic E-state index is 12.6. The molecule has 2 aromatic heterocycles. The Morgan fingerprint density at radius 1 is 1.43 bits per heavy atom. The van der Waals surface area contributed by atoms with Crippen LogP contribution in [0.5, 0.6) is 0 Å². The fourth-order valence-corrected chi connectivity index (χ4v) is 2.53. The lowest BCUT2D eigenvalue weighted by Crippen LogP contribution is -2.39. The molecule has 0 spiro atoms. The van der Waals surface area contributed by atoms with Gasteiger partial charge in [-0.2, -0.15) is 4.98 Å². The molecule has 1 saturated heterocycles. The van der Waals surface area contributed by atoms with E-state index in [0.29, 0.717) is 30.4 Å². The molecule has 3 heterocycles. The van der Waals surface area contributed by atoms with Gasteiger partial charge in [0, 0.05) is 25.4 Å². The molecule has 0 saturated carbocycles. The van der Waals surface area contributed by atoms with Crippen LogP contribution in [-0.2, 0) is 6.42 Å². The smallest absolute Gasteiger partial charge is 0.274 e. The summed E-state index contributed by atoms with van der Waals surface area (Å²) in [5.74, 6) is 1.05. The maximum atomic E-state index is 12.6. The summed E-state index contributed by atoms with van der Waals surface area (Å²) >= 11 is 0. The molecule has 7 heteroatoms. The van der Waals surface area contributed by atoms with Crippen LogP contribution in [-0.4, -0.2) is 37.5 Å². The van der Waals surface area contributed by atoms with Crippen molar-refractivity contribution in [3.63, 3.8) is 0 Å². The number of rotatable bonds is 3. The van der Waals surface area contributed by atoms with Crippen LogP contribution in [0.15, 0.2) is 23.1 Å². The van der Waals surface area contributed by atoms with Gasteiger partial charge in [0.15, 0.2) is 5.82 Å². The summed E-state index contributed by atoms with van der Waals surface area (Å²) in [4.78, 5) is 26.8. The molecular weight excluding hydrogens is 270 g/mol. The van der Waals surface area contributed by atoms with Crippen LogP contribution < -0.4 is 0 Å². The molecule has 1 amide bonds. The summed E-state index contributed by atoms with van der Waals surface area (Å²) in [6.45, 7) is 2.64. The van der Waals surface area contributed by atoms with Crippen molar-refractivity contribution in [2.75, 3.05) is 6.54 Å². The van der Waals surface area contributed by atoms with Gasteiger partial charge in [0.25, 0.3) is 5.91 Å². The maximum Gasteiger partial charge on any atom is 0.274 e. The van der Waals surface area contributed by atoms with Crippen molar-refractivity contribution in [1.82, 2.24) is 25.0 Å². The van der Waals surface area contributed by atoms with Gasteiger partial charge in [0.05, 0.1) is 6.20 Å². The number of carbonyl (C=O) groups is 1. The summed E-state index contributed by atoms with van der Waals surface area (Å²) in [5, 5.41) is 3.92. The first-order valence-electron chi connectivity index (χ1n) is 7.19. The Morgan fingerprint density at radius 2 is 2.33 bits per heavy atom. The van der Waals surface area contributed by atoms with Crippen molar-refractivity contribution in [3.8, 4) is 0 Å². The third-order valence-corrected chi connectivity index (χ3v) is 3.63. The fraction of sp³-hybridized carbons (Fsp3) is 0.500. The van der Waals surface area contributed by atoms with E-state index in [0.717, 1.165) is 19.3 Å². The second-order valence-corrected chi connectivity index (χ2v) is 5.00. The van der Waals surface area contributed by atoms with Crippen LogP contribution in [0.1, 0.15) is 54.4 Å². The SMILES string of the molecule is CCc1noc(C2CCCCN2C(=O)c2cnccn2)n1. The Hall–Kier alpha value is -2.31. The number of nitrogens with zero attached hydrogens (tertiary/aromatic N) is 5. The largest absolute Gasteiger partial charge is 0.337 e. The zero-order valence-electron chi connectivity index (χ0n) is 11.9. The summed E-state index contributed by atoms with van der Waals surface area (Å²) in [6.07, 6.45) is 8.12. The third-order valence-electron chi connectivity index (χ3n) is 3.63. The van der Waals surface area contributed by atoms with Gasteiger partial charge < -0.3 is 9.42 Å². The fourth-order valence-electron chi connectivity index (χ4n) is 2.53. The molecule has 0 N–H and O–H groups in total. The lowest BCUT2D eigenvalue weighted by atomic mass is 10.0. The van der Waals surface area contributed by atoms with Crippen LogP contribution in [0.4, 0.5) is 0 Å². The van der Waals surface area contributed by atoms with E-state index < -0.39 is 0 Å². The van der Waals surface area contributed by atoms with Gasteiger partial charge in [0.2, 0.25) is 5.89 Å². The highest BCUT2D eigenvalue weighted by molar-refractivity contribution is 5.92. The molecule has 0 aromatic carbocycles. The van der Waals surface area contributed by atoms with E-state index in [1.807, 2.05) is 6.92 Å². The number of carbonyl (C=O) groups excluding carboxylic acids is 1. The molecule has 1 unspecified atom stereocenters. The van der Waals surface area contributed by atoms with Crippen LogP contribution in [0.2, 0.25) is 0 Å². The van der Waals surface area contributed by atoms with Gasteiger partial charge in [0.1, 0.15) is 11.7 Å². The van der Waals surface area contributed by atoms with E-state index in [1.54, 1.807) is 11.1 Å². The number of hydrogen-bond donors (Lipinski definition) is 0. The minimum atomic E-state index is -0.166. The molecule has 1 fully saturated rings. The average Bonchev–Trinajstić information content (AvgIpc) is 3.04.